The molecular weight excluding hydrogens is 553 g/mol. The molecule has 4 rings (SSSR count). The molecule has 188 valence electrons. The first kappa shape index (κ1) is 29.6. The SMILES string of the molecule is Cc1[c-]c(C)cc(C)c1.Cc1ccc(S(=O)(=O)[N-]C(c2ccccc2)C(N)c2ccccc2)cc1.[Ru+2]. The molecule has 0 radical (unpaired) electrons. The first-order valence-corrected chi connectivity index (χ1v) is 13.0. The zero-order chi connectivity index (χ0) is 25.4. The van der Waals surface area contributed by atoms with E-state index in [-0.39, 0.29) is 24.4 Å². The maximum Gasteiger partial charge on any atom is 2.00 e. The molecule has 0 aromatic heterocycles. The van der Waals surface area contributed by atoms with Gasteiger partial charge >= 0.3 is 19.5 Å². The molecule has 4 nitrogen and oxygen atoms in total. The van der Waals surface area contributed by atoms with E-state index in [1.807, 2.05) is 67.6 Å². The normalized spacial score (nSPS) is 12.5. The van der Waals surface area contributed by atoms with E-state index in [1.165, 1.54) is 16.7 Å². The summed E-state index contributed by atoms with van der Waals surface area (Å²) in [6, 6.07) is 31.6. The molecule has 0 heterocycles. The van der Waals surface area contributed by atoms with Crippen LogP contribution in [0.3, 0.4) is 0 Å². The van der Waals surface area contributed by atoms with E-state index < -0.39 is 22.1 Å². The quantitative estimate of drug-likeness (QED) is 0.197. The van der Waals surface area contributed by atoms with E-state index in [1.54, 1.807) is 24.3 Å². The van der Waals surface area contributed by atoms with Crippen LogP contribution in [0.25, 0.3) is 4.72 Å². The molecule has 0 fully saturated rings. The minimum atomic E-state index is -3.83. The van der Waals surface area contributed by atoms with Crippen LogP contribution in [-0.4, -0.2) is 8.42 Å². The van der Waals surface area contributed by atoms with Gasteiger partial charge in [-0.15, -0.1) is 0 Å². The molecule has 0 aliphatic heterocycles. The minimum Gasteiger partial charge on any atom is -0.537 e. The van der Waals surface area contributed by atoms with Crippen LogP contribution >= 0.6 is 0 Å². The van der Waals surface area contributed by atoms with E-state index in [2.05, 4.69) is 43.7 Å². The van der Waals surface area contributed by atoms with Crippen LogP contribution in [0.5, 0.6) is 0 Å². The Labute approximate surface area is 228 Å². The van der Waals surface area contributed by atoms with Crippen molar-refractivity contribution in [3.05, 3.63) is 141 Å². The number of rotatable bonds is 6. The minimum absolute atomic E-state index is 0. The molecule has 36 heavy (non-hydrogen) atoms. The molecule has 0 aliphatic rings. The van der Waals surface area contributed by atoms with Crippen molar-refractivity contribution in [2.24, 2.45) is 5.73 Å². The molecule has 4 aromatic rings. The number of nitrogens with zero attached hydrogens (tertiary/aromatic N) is 1. The molecule has 0 saturated carbocycles. The third kappa shape index (κ3) is 8.49. The summed E-state index contributed by atoms with van der Waals surface area (Å²) < 4.78 is 29.9. The standard InChI is InChI=1S/C21H21N2O2S.C9H11.Ru/c1-16-12-14-19(15-13-16)26(24,25)23-21(18-10-6-3-7-11-18)20(22)17-8-4-2-5-9-17;1-7-4-8(2)6-9(3)5-7;/h2-15,20-21H,22H2,1H3;4-5H,1-3H3;/q2*-1;+2. The van der Waals surface area contributed by atoms with Gasteiger partial charge in [-0.1, -0.05) is 111 Å². The molecule has 2 atom stereocenters. The van der Waals surface area contributed by atoms with E-state index in [0.717, 1.165) is 16.7 Å². The van der Waals surface area contributed by atoms with Gasteiger partial charge in [0.15, 0.2) is 0 Å². The Balaban J connectivity index is 0.000000386. The Kier molecular flexibility index (Phi) is 11.2. The third-order valence-electron chi connectivity index (χ3n) is 5.52. The van der Waals surface area contributed by atoms with Gasteiger partial charge in [0.05, 0.1) is 0 Å². The maximum absolute atomic E-state index is 12.8. The Morgan fingerprint density at radius 1 is 0.694 bits per heavy atom. The number of hydrogen-bond donors (Lipinski definition) is 1. The van der Waals surface area contributed by atoms with Gasteiger partial charge in [0.2, 0.25) is 0 Å². The van der Waals surface area contributed by atoms with Crippen molar-refractivity contribution in [2.45, 2.75) is 44.7 Å². The Morgan fingerprint density at radius 3 is 1.64 bits per heavy atom. The summed E-state index contributed by atoms with van der Waals surface area (Å²) >= 11 is 0. The number of benzene rings is 4. The zero-order valence-corrected chi connectivity index (χ0v) is 23.5. The van der Waals surface area contributed by atoms with Crippen LogP contribution in [0.2, 0.25) is 0 Å². The first-order chi connectivity index (χ1) is 16.7. The summed E-state index contributed by atoms with van der Waals surface area (Å²) in [6.07, 6.45) is 0. The van der Waals surface area contributed by atoms with Crippen molar-refractivity contribution < 1.29 is 27.9 Å². The first-order valence-electron chi connectivity index (χ1n) is 11.5. The molecule has 4 aromatic carbocycles. The summed E-state index contributed by atoms with van der Waals surface area (Å²) in [6.45, 7) is 8.15. The van der Waals surface area contributed by atoms with Crippen molar-refractivity contribution in [2.75, 3.05) is 0 Å². The van der Waals surface area contributed by atoms with Crippen molar-refractivity contribution in [1.29, 1.82) is 0 Å². The molecule has 6 heteroatoms. The van der Waals surface area contributed by atoms with Crippen molar-refractivity contribution in [3.8, 4) is 0 Å². The van der Waals surface area contributed by atoms with Crippen LogP contribution in [0.4, 0.5) is 0 Å². The van der Waals surface area contributed by atoms with Crippen LogP contribution in [0.15, 0.2) is 102 Å². The second-order valence-corrected chi connectivity index (χ2v) is 10.3. The summed E-state index contributed by atoms with van der Waals surface area (Å²) in [7, 11) is -3.83. The average molecular weight is 586 g/mol. The number of nitrogens with two attached hydrogens (primary N) is 1. The molecule has 0 saturated heterocycles. The molecule has 0 spiro atoms. The van der Waals surface area contributed by atoms with Gasteiger partial charge in [-0.3, -0.25) is 0 Å². The topological polar surface area (TPSA) is 74.3 Å². The summed E-state index contributed by atoms with van der Waals surface area (Å²) in [4.78, 5) is 0.171. The molecule has 2 N–H and O–H groups in total. The predicted octanol–water partition coefficient (Wildman–Crippen LogP) is 6.91. The molecule has 2 unspecified atom stereocenters. The molecular formula is C30H32N2O2RuS. The molecule has 0 aliphatic carbocycles. The third-order valence-corrected chi connectivity index (χ3v) is 6.89. The molecule has 0 amide bonds. The smallest absolute Gasteiger partial charge is 0.537 e. The number of sulfonamides is 1. The average Bonchev–Trinajstić information content (AvgIpc) is 2.83. The summed E-state index contributed by atoms with van der Waals surface area (Å²) in [5.74, 6) is 0. The van der Waals surface area contributed by atoms with Crippen molar-refractivity contribution in [3.63, 3.8) is 0 Å². The van der Waals surface area contributed by atoms with Gasteiger partial charge in [0.25, 0.3) is 0 Å². The fourth-order valence-electron chi connectivity index (χ4n) is 3.87. The summed E-state index contributed by atoms with van der Waals surface area (Å²) in [5, 5.41) is 0. The van der Waals surface area contributed by atoms with E-state index in [4.69, 9.17) is 5.73 Å². The van der Waals surface area contributed by atoms with E-state index in [9.17, 15) is 8.42 Å². The number of hydrogen-bond acceptors (Lipinski definition) is 3. The monoisotopic (exact) mass is 586 g/mol. The Hall–Kier alpha value is -2.63. The second kappa shape index (κ2) is 13.6. The van der Waals surface area contributed by atoms with Crippen LogP contribution in [0.1, 0.15) is 45.5 Å². The van der Waals surface area contributed by atoms with Gasteiger partial charge in [-0.2, -0.15) is 34.9 Å². The van der Waals surface area contributed by atoms with Crippen LogP contribution in [0, 0.1) is 33.8 Å². The Bertz CT molecular complexity index is 1280. The fourth-order valence-corrected chi connectivity index (χ4v) is 5.02. The number of aryl methyl sites for hydroxylation is 4. The fraction of sp³-hybridized carbons (Fsp3) is 0.200. The van der Waals surface area contributed by atoms with Crippen molar-refractivity contribution in [1.82, 2.24) is 0 Å². The van der Waals surface area contributed by atoms with Gasteiger partial charge in [0, 0.05) is 10.9 Å². The zero-order valence-electron chi connectivity index (χ0n) is 21.0. The van der Waals surface area contributed by atoms with Crippen molar-refractivity contribution >= 4 is 10.0 Å². The van der Waals surface area contributed by atoms with Gasteiger partial charge in [0.1, 0.15) is 10.0 Å². The largest absolute Gasteiger partial charge is 2.00 e. The maximum atomic E-state index is 12.8. The predicted molar refractivity (Wildman–Crippen MR) is 144 cm³/mol. The van der Waals surface area contributed by atoms with Gasteiger partial charge in [-0.05, 0) is 24.6 Å². The van der Waals surface area contributed by atoms with E-state index >= 15 is 0 Å². The second-order valence-electron chi connectivity index (χ2n) is 8.71. The van der Waals surface area contributed by atoms with E-state index in [0.29, 0.717) is 0 Å². The van der Waals surface area contributed by atoms with Gasteiger partial charge in [-0.25, -0.2) is 8.42 Å². The van der Waals surface area contributed by atoms with Gasteiger partial charge < -0.3 is 10.5 Å². The Morgan fingerprint density at radius 2 is 1.17 bits per heavy atom. The van der Waals surface area contributed by atoms with Crippen LogP contribution < -0.4 is 5.73 Å². The molecule has 0 bridgehead atoms. The van der Waals surface area contributed by atoms with Crippen LogP contribution in [-0.2, 0) is 29.5 Å². The summed E-state index contributed by atoms with van der Waals surface area (Å²) in [5.41, 5.74) is 12.8.